The zero-order chi connectivity index (χ0) is 21.7. The van der Waals surface area contributed by atoms with E-state index in [1.807, 2.05) is 13.8 Å². The Bertz CT molecular complexity index is 916. The van der Waals surface area contributed by atoms with Crippen molar-refractivity contribution in [1.82, 2.24) is 10.2 Å². The summed E-state index contributed by atoms with van der Waals surface area (Å²) in [5.74, 6) is -0.164. The number of hydrogen-bond donors (Lipinski definition) is 3. The van der Waals surface area contributed by atoms with Crippen LogP contribution in [0, 0.1) is 0 Å². The van der Waals surface area contributed by atoms with Gasteiger partial charge in [0.15, 0.2) is 0 Å². The number of hydrogen-bond acceptors (Lipinski definition) is 5. The molecule has 2 aromatic rings. The molecule has 8 nitrogen and oxygen atoms in total. The average Bonchev–Trinajstić information content (AvgIpc) is 2.76. The third-order valence-electron chi connectivity index (χ3n) is 5.31. The molecule has 8 heteroatoms. The molecule has 160 valence electrons. The van der Waals surface area contributed by atoms with E-state index < -0.39 is 17.7 Å². The Morgan fingerprint density at radius 1 is 1.20 bits per heavy atom. The Kier molecular flexibility index (Phi) is 6.59. The Labute approximate surface area is 176 Å². The van der Waals surface area contributed by atoms with Crippen molar-refractivity contribution in [2.75, 3.05) is 43.5 Å². The number of para-hydroxylation sites is 1. The summed E-state index contributed by atoms with van der Waals surface area (Å²) in [6, 6.07) is 12.8. The summed E-state index contributed by atoms with van der Waals surface area (Å²) < 4.78 is 5.25. The highest BCUT2D eigenvalue weighted by Crippen LogP contribution is 2.40. The zero-order valence-corrected chi connectivity index (χ0v) is 17.5. The van der Waals surface area contributed by atoms with Crippen LogP contribution in [-0.2, 0) is 10.5 Å². The van der Waals surface area contributed by atoms with Gasteiger partial charge in [0.05, 0.1) is 18.5 Å². The van der Waals surface area contributed by atoms with Gasteiger partial charge in [0.25, 0.3) is 11.6 Å². The highest BCUT2D eigenvalue weighted by Gasteiger charge is 2.51. The lowest BCUT2D eigenvalue weighted by atomic mass is 9.94. The molecule has 30 heavy (non-hydrogen) atoms. The van der Waals surface area contributed by atoms with Crippen LogP contribution in [0.25, 0.3) is 0 Å². The Morgan fingerprint density at radius 2 is 1.93 bits per heavy atom. The first kappa shape index (κ1) is 21.6. The van der Waals surface area contributed by atoms with E-state index in [0.29, 0.717) is 35.8 Å². The van der Waals surface area contributed by atoms with Crippen molar-refractivity contribution in [1.29, 1.82) is 0 Å². The lowest BCUT2D eigenvalue weighted by Crippen LogP contribution is -2.63. The third-order valence-corrected chi connectivity index (χ3v) is 5.31. The van der Waals surface area contributed by atoms with E-state index in [0.717, 1.165) is 18.0 Å². The summed E-state index contributed by atoms with van der Waals surface area (Å²) in [7, 11) is 1.51. The van der Waals surface area contributed by atoms with Crippen LogP contribution in [-0.4, -0.2) is 55.2 Å². The van der Waals surface area contributed by atoms with Crippen molar-refractivity contribution in [3.05, 3.63) is 54.1 Å². The van der Waals surface area contributed by atoms with Gasteiger partial charge in [-0.3, -0.25) is 9.69 Å². The zero-order valence-electron chi connectivity index (χ0n) is 17.5. The van der Waals surface area contributed by atoms with E-state index in [2.05, 4.69) is 15.5 Å². The molecule has 1 aliphatic rings. The molecule has 0 saturated heterocycles. The third kappa shape index (κ3) is 3.96. The molecular weight excluding hydrogens is 384 g/mol. The lowest BCUT2D eigenvalue weighted by Gasteiger charge is -2.42. The summed E-state index contributed by atoms with van der Waals surface area (Å²) in [6.45, 7) is 6.80. The van der Waals surface area contributed by atoms with E-state index in [4.69, 9.17) is 4.74 Å². The highest BCUT2D eigenvalue weighted by atomic mass is 16.5. The van der Waals surface area contributed by atoms with Crippen LogP contribution in [0.15, 0.2) is 48.5 Å². The number of aliphatic hydroxyl groups is 1. The highest BCUT2D eigenvalue weighted by molar-refractivity contribution is 6.11. The largest absolute Gasteiger partial charge is 0.497 e. The van der Waals surface area contributed by atoms with Crippen LogP contribution >= 0.6 is 0 Å². The summed E-state index contributed by atoms with van der Waals surface area (Å²) in [6.07, 6.45) is 0. The Morgan fingerprint density at radius 3 is 2.63 bits per heavy atom. The van der Waals surface area contributed by atoms with Gasteiger partial charge in [-0.25, -0.2) is 4.79 Å². The first-order valence-electron chi connectivity index (χ1n) is 10.0. The van der Waals surface area contributed by atoms with Gasteiger partial charge in [0.2, 0.25) is 0 Å². The minimum atomic E-state index is -2.21. The molecule has 0 spiro atoms. The standard InChI is InChI=1S/C22H28N4O4/c1-4-25(5-2)14-13-23-20(27)22(29)18-11-6-7-12-19(18)24-21(28)26(22)16-9-8-10-17(15-16)30-3/h6-12,15,29H,4-5,13-14H2,1-3H3,(H,23,27)(H,24,28)/t22-/m1/s1. The summed E-state index contributed by atoms with van der Waals surface area (Å²) >= 11 is 0. The van der Waals surface area contributed by atoms with E-state index in [1.165, 1.54) is 7.11 Å². The molecule has 0 fully saturated rings. The van der Waals surface area contributed by atoms with Gasteiger partial charge in [-0.1, -0.05) is 38.1 Å². The summed E-state index contributed by atoms with van der Waals surface area (Å²) in [4.78, 5) is 29.5. The number of benzene rings is 2. The van der Waals surface area contributed by atoms with Gasteiger partial charge in [0.1, 0.15) is 5.75 Å². The molecule has 0 unspecified atom stereocenters. The monoisotopic (exact) mass is 412 g/mol. The fraction of sp³-hybridized carbons (Fsp3) is 0.364. The van der Waals surface area contributed by atoms with E-state index in [-0.39, 0.29) is 0 Å². The fourth-order valence-electron chi connectivity index (χ4n) is 3.60. The summed E-state index contributed by atoms with van der Waals surface area (Å²) in [5.41, 5.74) is -1.19. The number of nitrogens with zero attached hydrogens (tertiary/aromatic N) is 2. The lowest BCUT2D eigenvalue weighted by molar-refractivity contribution is -0.140. The van der Waals surface area contributed by atoms with Gasteiger partial charge >= 0.3 is 6.03 Å². The first-order valence-corrected chi connectivity index (χ1v) is 10.0. The number of rotatable bonds is 8. The van der Waals surface area contributed by atoms with Crippen molar-refractivity contribution in [3.63, 3.8) is 0 Å². The Balaban J connectivity index is 2.00. The SMILES string of the molecule is CCN(CC)CCNC(=O)[C@]1(O)c2ccccc2NC(=O)N1c1cccc(OC)c1. The van der Waals surface area contributed by atoms with Crippen LogP contribution in [0.2, 0.25) is 0 Å². The minimum Gasteiger partial charge on any atom is -0.497 e. The number of carbonyl (C=O) groups is 2. The van der Waals surface area contributed by atoms with Crippen LogP contribution in [0.4, 0.5) is 16.2 Å². The van der Waals surface area contributed by atoms with Crippen LogP contribution in [0.1, 0.15) is 19.4 Å². The van der Waals surface area contributed by atoms with Crippen LogP contribution in [0.5, 0.6) is 5.75 Å². The molecule has 0 aliphatic carbocycles. The summed E-state index contributed by atoms with van der Waals surface area (Å²) in [5, 5.41) is 17.3. The number of carbonyl (C=O) groups excluding carboxylic acids is 2. The van der Waals surface area contributed by atoms with Crippen LogP contribution < -0.4 is 20.3 Å². The van der Waals surface area contributed by atoms with Gasteiger partial charge < -0.3 is 25.4 Å². The maximum absolute atomic E-state index is 13.3. The van der Waals surface area contributed by atoms with Crippen molar-refractivity contribution < 1.29 is 19.4 Å². The van der Waals surface area contributed by atoms with Crippen molar-refractivity contribution in [3.8, 4) is 5.75 Å². The average molecular weight is 412 g/mol. The van der Waals surface area contributed by atoms with Gasteiger partial charge in [-0.15, -0.1) is 0 Å². The van der Waals surface area contributed by atoms with Crippen molar-refractivity contribution in [2.45, 2.75) is 19.6 Å². The number of urea groups is 1. The van der Waals surface area contributed by atoms with Gasteiger partial charge in [-0.05, 0) is 31.3 Å². The molecule has 1 heterocycles. The number of amides is 3. The van der Waals surface area contributed by atoms with Gasteiger partial charge in [0, 0.05) is 24.7 Å². The number of ether oxygens (including phenoxy) is 1. The second kappa shape index (κ2) is 9.15. The molecule has 3 rings (SSSR count). The number of fused-ring (bicyclic) bond motifs is 1. The van der Waals surface area contributed by atoms with E-state index >= 15 is 0 Å². The topological polar surface area (TPSA) is 94.1 Å². The molecule has 3 amide bonds. The first-order chi connectivity index (χ1) is 14.4. The molecule has 1 aliphatic heterocycles. The normalized spacial score (nSPS) is 18.0. The van der Waals surface area contributed by atoms with Crippen LogP contribution in [0.3, 0.4) is 0 Å². The number of nitrogens with one attached hydrogen (secondary N) is 2. The predicted molar refractivity (Wildman–Crippen MR) is 116 cm³/mol. The molecule has 0 radical (unpaired) electrons. The maximum Gasteiger partial charge on any atom is 0.329 e. The van der Waals surface area contributed by atoms with Gasteiger partial charge in [-0.2, -0.15) is 0 Å². The van der Waals surface area contributed by atoms with Crippen molar-refractivity contribution >= 4 is 23.3 Å². The number of anilines is 2. The fourth-order valence-corrected chi connectivity index (χ4v) is 3.60. The quantitative estimate of drug-likeness (QED) is 0.619. The van der Waals surface area contributed by atoms with E-state index in [1.54, 1.807) is 48.5 Å². The molecule has 1 atom stereocenters. The smallest absolute Gasteiger partial charge is 0.329 e. The van der Waals surface area contributed by atoms with Crippen molar-refractivity contribution in [2.24, 2.45) is 0 Å². The second-order valence-corrected chi connectivity index (χ2v) is 6.97. The number of methoxy groups -OCH3 is 1. The molecule has 2 aromatic carbocycles. The minimum absolute atomic E-state index is 0.299. The molecule has 0 saturated carbocycles. The number of likely N-dealkylation sites (N-methyl/N-ethyl adjacent to an activating group) is 1. The van der Waals surface area contributed by atoms with E-state index in [9.17, 15) is 14.7 Å². The molecule has 3 N–H and O–H groups in total. The Hall–Kier alpha value is -3.10. The molecular formula is C22H28N4O4. The molecule has 0 aromatic heterocycles. The predicted octanol–water partition coefficient (Wildman–Crippen LogP) is 2.35. The maximum atomic E-state index is 13.3. The molecule has 0 bridgehead atoms. The second-order valence-electron chi connectivity index (χ2n) is 6.97.